The molecular formula is C21H16N2O3. The van der Waals surface area contributed by atoms with Crippen molar-refractivity contribution in [1.82, 2.24) is 10.3 Å². The Balaban J connectivity index is 1.69. The molecule has 1 aliphatic carbocycles. The molecule has 0 aliphatic heterocycles. The van der Waals surface area contributed by atoms with Gasteiger partial charge in [0.2, 0.25) is 5.78 Å². The van der Waals surface area contributed by atoms with Gasteiger partial charge in [0, 0.05) is 17.3 Å². The summed E-state index contributed by atoms with van der Waals surface area (Å²) in [4.78, 5) is 17.1. The van der Waals surface area contributed by atoms with Crippen LogP contribution in [0.1, 0.15) is 22.0 Å². The number of nitrogens with one attached hydrogen (secondary N) is 1. The number of carbonyl (C=O) groups is 1. The van der Waals surface area contributed by atoms with Gasteiger partial charge in [0.05, 0.1) is 30.5 Å². The van der Waals surface area contributed by atoms with Gasteiger partial charge in [0.1, 0.15) is 5.76 Å². The van der Waals surface area contributed by atoms with Gasteiger partial charge in [-0.25, -0.2) is 0 Å². The van der Waals surface area contributed by atoms with Gasteiger partial charge in [-0.2, -0.15) is 0 Å². The van der Waals surface area contributed by atoms with Gasteiger partial charge in [-0.3, -0.25) is 9.78 Å². The van der Waals surface area contributed by atoms with Crippen molar-refractivity contribution in [1.29, 1.82) is 0 Å². The summed E-state index contributed by atoms with van der Waals surface area (Å²) in [7, 11) is 0. The second kappa shape index (κ2) is 7.11. The summed E-state index contributed by atoms with van der Waals surface area (Å²) in [6.07, 6.45) is 10.4. The molecule has 0 atom stereocenters. The second-order valence-corrected chi connectivity index (χ2v) is 5.69. The van der Waals surface area contributed by atoms with Gasteiger partial charge in [0.15, 0.2) is 5.76 Å². The summed E-state index contributed by atoms with van der Waals surface area (Å²) >= 11 is 0. The number of rotatable bonds is 6. The predicted octanol–water partition coefficient (Wildman–Crippen LogP) is 4.15. The topological polar surface area (TPSA) is 68.3 Å². The van der Waals surface area contributed by atoms with Crippen LogP contribution in [0.2, 0.25) is 0 Å². The summed E-state index contributed by atoms with van der Waals surface area (Å²) in [5.74, 6) is 0.792. The lowest BCUT2D eigenvalue weighted by molar-refractivity contribution is 0.101. The number of hydrogen-bond acceptors (Lipinski definition) is 5. The van der Waals surface area contributed by atoms with E-state index >= 15 is 0 Å². The Bertz CT molecular complexity index is 979. The SMILES string of the molecule is O=C(C1=CC=CC1=C(NCc1ccccn1)c1ccco1)c1ccco1. The Kier molecular flexibility index (Phi) is 4.35. The van der Waals surface area contributed by atoms with Crippen LogP contribution in [0, 0.1) is 0 Å². The molecule has 3 heterocycles. The van der Waals surface area contributed by atoms with Gasteiger partial charge in [-0.05, 0) is 36.4 Å². The number of furan rings is 2. The predicted molar refractivity (Wildman–Crippen MR) is 97.0 cm³/mol. The first kappa shape index (κ1) is 15.9. The van der Waals surface area contributed by atoms with Crippen LogP contribution < -0.4 is 5.32 Å². The zero-order valence-corrected chi connectivity index (χ0v) is 13.9. The van der Waals surface area contributed by atoms with E-state index in [2.05, 4.69) is 10.3 Å². The lowest BCUT2D eigenvalue weighted by Crippen LogP contribution is -2.16. The fourth-order valence-electron chi connectivity index (χ4n) is 2.79. The van der Waals surface area contributed by atoms with E-state index in [0.29, 0.717) is 23.6 Å². The van der Waals surface area contributed by atoms with E-state index in [4.69, 9.17) is 8.83 Å². The maximum absolute atomic E-state index is 12.8. The number of carbonyl (C=O) groups excluding carboxylic acids is 1. The molecule has 26 heavy (non-hydrogen) atoms. The largest absolute Gasteiger partial charge is 0.463 e. The molecule has 0 unspecified atom stereocenters. The summed E-state index contributed by atoms with van der Waals surface area (Å²) < 4.78 is 10.8. The maximum atomic E-state index is 12.8. The Morgan fingerprint density at radius 1 is 1.00 bits per heavy atom. The minimum Gasteiger partial charge on any atom is -0.463 e. The summed E-state index contributed by atoms with van der Waals surface area (Å²) in [5.41, 5.74) is 2.94. The van der Waals surface area contributed by atoms with E-state index in [-0.39, 0.29) is 5.78 Å². The van der Waals surface area contributed by atoms with Crippen LogP contribution in [0.25, 0.3) is 5.70 Å². The number of Topliss-reactive ketones (excluding diaryl/α,β-unsaturated/α-hetero) is 1. The fraction of sp³-hybridized carbons (Fsp3) is 0.0476. The zero-order chi connectivity index (χ0) is 17.8. The van der Waals surface area contributed by atoms with Crippen LogP contribution in [0.4, 0.5) is 0 Å². The average molecular weight is 344 g/mol. The molecule has 0 saturated carbocycles. The monoisotopic (exact) mass is 344 g/mol. The molecule has 128 valence electrons. The minimum atomic E-state index is -0.168. The van der Waals surface area contributed by atoms with E-state index in [0.717, 1.165) is 17.0 Å². The van der Waals surface area contributed by atoms with Gasteiger partial charge in [-0.15, -0.1) is 0 Å². The Labute approximate surface area is 150 Å². The van der Waals surface area contributed by atoms with Crippen LogP contribution in [0.15, 0.2) is 99.4 Å². The Morgan fingerprint density at radius 2 is 1.81 bits per heavy atom. The normalized spacial score (nSPS) is 15.0. The number of nitrogens with zero attached hydrogens (tertiary/aromatic N) is 1. The quantitative estimate of drug-likeness (QED) is 0.681. The first-order valence-electron chi connectivity index (χ1n) is 8.22. The first-order valence-corrected chi connectivity index (χ1v) is 8.22. The average Bonchev–Trinajstić information content (AvgIpc) is 3.44. The summed E-state index contributed by atoms with van der Waals surface area (Å²) in [6.45, 7) is 0.510. The summed E-state index contributed by atoms with van der Waals surface area (Å²) in [5, 5.41) is 3.36. The van der Waals surface area contributed by atoms with Gasteiger partial charge in [-0.1, -0.05) is 24.3 Å². The molecule has 0 saturated heterocycles. The molecule has 3 aromatic heterocycles. The highest BCUT2D eigenvalue weighted by molar-refractivity contribution is 6.12. The molecule has 0 fully saturated rings. The highest BCUT2D eigenvalue weighted by Crippen LogP contribution is 2.30. The maximum Gasteiger partial charge on any atom is 0.228 e. The van der Waals surface area contributed by atoms with Crippen molar-refractivity contribution in [2.24, 2.45) is 0 Å². The Hall–Kier alpha value is -3.60. The molecule has 4 rings (SSSR count). The number of pyridine rings is 1. The lowest BCUT2D eigenvalue weighted by atomic mass is 10.0. The van der Waals surface area contributed by atoms with Gasteiger partial charge >= 0.3 is 0 Å². The van der Waals surface area contributed by atoms with Crippen molar-refractivity contribution >= 4 is 11.5 Å². The van der Waals surface area contributed by atoms with Crippen LogP contribution in [0.3, 0.4) is 0 Å². The van der Waals surface area contributed by atoms with Crippen molar-refractivity contribution in [2.45, 2.75) is 6.54 Å². The molecule has 1 N–H and O–H groups in total. The zero-order valence-electron chi connectivity index (χ0n) is 13.9. The number of allylic oxidation sites excluding steroid dienone is 5. The van der Waals surface area contributed by atoms with Crippen LogP contribution in [-0.2, 0) is 6.54 Å². The number of ketones is 1. The molecule has 0 bridgehead atoms. The molecule has 5 heteroatoms. The molecule has 3 aromatic rings. The van der Waals surface area contributed by atoms with Crippen LogP contribution >= 0.6 is 0 Å². The number of hydrogen-bond donors (Lipinski definition) is 1. The van der Waals surface area contributed by atoms with Crippen molar-refractivity contribution < 1.29 is 13.6 Å². The molecular weight excluding hydrogens is 328 g/mol. The molecule has 0 aromatic carbocycles. The molecule has 0 radical (unpaired) electrons. The van der Waals surface area contributed by atoms with Crippen molar-refractivity contribution in [3.05, 3.63) is 108 Å². The third-order valence-electron chi connectivity index (χ3n) is 4.01. The molecule has 0 amide bonds. The van der Waals surface area contributed by atoms with Crippen LogP contribution in [-0.4, -0.2) is 10.8 Å². The smallest absolute Gasteiger partial charge is 0.228 e. The van der Waals surface area contributed by atoms with Gasteiger partial charge in [0.25, 0.3) is 0 Å². The Morgan fingerprint density at radius 3 is 2.50 bits per heavy atom. The van der Waals surface area contributed by atoms with E-state index in [9.17, 15) is 4.79 Å². The highest BCUT2D eigenvalue weighted by atomic mass is 16.3. The van der Waals surface area contributed by atoms with Crippen molar-refractivity contribution in [2.75, 3.05) is 0 Å². The lowest BCUT2D eigenvalue weighted by Gasteiger charge is -2.13. The first-order chi connectivity index (χ1) is 12.8. The fourth-order valence-corrected chi connectivity index (χ4v) is 2.79. The second-order valence-electron chi connectivity index (χ2n) is 5.69. The highest BCUT2D eigenvalue weighted by Gasteiger charge is 2.24. The van der Waals surface area contributed by atoms with Crippen LogP contribution in [0.5, 0.6) is 0 Å². The van der Waals surface area contributed by atoms with E-state index in [1.807, 2.05) is 42.5 Å². The van der Waals surface area contributed by atoms with E-state index in [1.54, 1.807) is 30.7 Å². The van der Waals surface area contributed by atoms with Crippen molar-refractivity contribution in [3.63, 3.8) is 0 Å². The van der Waals surface area contributed by atoms with Gasteiger partial charge < -0.3 is 14.2 Å². The minimum absolute atomic E-state index is 0.168. The van der Waals surface area contributed by atoms with E-state index in [1.165, 1.54) is 6.26 Å². The van der Waals surface area contributed by atoms with E-state index < -0.39 is 0 Å². The molecule has 0 spiro atoms. The third-order valence-corrected chi connectivity index (χ3v) is 4.01. The molecule has 5 nitrogen and oxygen atoms in total. The number of aromatic nitrogens is 1. The summed E-state index contributed by atoms with van der Waals surface area (Å²) in [6, 6.07) is 12.8. The van der Waals surface area contributed by atoms with Crippen molar-refractivity contribution in [3.8, 4) is 0 Å². The molecule has 1 aliphatic rings. The standard InChI is InChI=1S/C21H16N2O3/c24-21(19-10-5-13-26-19)17-8-3-7-16(17)20(18-9-4-12-25-18)23-14-15-6-1-2-11-22-15/h1-13,23H,14H2. The third kappa shape index (κ3) is 3.15.